The van der Waals surface area contributed by atoms with Gasteiger partial charge in [-0.3, -0.25) is 0 Å². The lowest BCUT2D eigenvalue weighted by atomic mass is 9.95. The van der Waals surface area contributed by atoms with Crippen molar-refractivity contribution < 1.29 is 13.2 Å². The fraction of sp³-hybridized carbons (Fsp3) is 0.222. The lowest BCUT2D eigenvalue weighted by molar-refractivity contribution is -0.137. The van der Waals surface area contributed by atoms with E-state index in [1.54, 1.807) is 6.07 Å². The summed E-state index contributed by atoms with van der Waals surface area (Å²) < 4.78 is 39.3. The number of hydrogen-bond acceptors (Lipinski definition) is 0. The van der Waals surface area contributed by atoms with Gasteiger partial charge in [-0.15, -0.1) is 0 Å². The molecule has 0 spiro atoms. The zero-order valence-electron chi connectivity index (χ0n) is 12.0. The van der Waals surface area contributed by atoms with Gasteiger partial charge in [0.2, 0.25) is 0 Å². The van der Waals surface area contributed by atoms with Crippen molar-refractivity contribution in [3.63, 3.8) is 0 Å². The molecule has 0 bridgehead atoms. The molecule has 0 aliphatic rings. The predicted molar refractivity (Wildman–Crippen MR) is 81.1 cm³/mol. The Labute approximate surface area is 122 Å². The summed E-state index contributed by atoms with van der Waals surface area (Å²) in [4.78, 5) is 0. The van der Waals surface area contributed by atoms with E-state index in [9.17, 15) is 13.2 Å². The molecule has 0 radical (unpaired) electrons. The van der Waals surface area contributed by atoms with E-state index >= 15 is 0 Å². The molecule has 3 heteroatoms. The van der Waals surface area contributed by atoms with Crippen molar-refractivity contribution in [2.75, 3.05) is 0 Å². The second kappa shape index (κ2) is 5.76. The average molecular weight is 290 g/mol. The SMILES string of the molecule is C=Cc1ccc(-c2cccc(C(C)C)c2)cc1C(F)(F)F. The topological polar surface area (TPSA) is 0 Å². The number of halogens is 3. The Morgan fingerprint density at radius 3 is 2.24 bits per heavy atom. The number of hydrogen-bond donors (Lipinski definition) is 0. The van der Waals surface area contributed by atoms with E-state index in [0.717, 1.165) is 11.1 Å². The summed E-state index contributed by atoms with van der Waals surface area (Å²) >= 11 is 0. The molecule has 0 saturated carbocycles. The van der Waals surface area contributed by atoms with Crippen molar-refractivity contribution >= 4 is 6.08 Å². The highest BCUT2D eigenvalue weighted by Crippen LogP contribution is 2.35. The van der Waals surface area contributed by atoms with Crippen LogP contribution in [0.25, 0.3) is 17.2 Å². The van der Waals surface area contributed by atoms with Gasteiger partial charge < -0.3 is 0 Å². The molecule has 0 nitrogen and oxygen atoms in total. The normalized spacial score (nSPS) is 11.7. The molecule has 21 heavy (non-hydrogen) atoms. The van der Waals surface area contributed by atoms with Crippen molar-refractivity contribution in [2.24, 2.45) is 0 Å². The van der Waals surface area contributed by atoms with E-state index in [4.69, 9.17) is 0 Å². The lowest BCUT2D eigenvalue weighted by Crippen LogP contribution is -2.07. The van der Waals surface area contributed by atoms with Gasteiger partial charge in [-0.05, 0) is 34.2 Å². The summed E-state index contributed by atoms with van der Waals surface area (Å²) in [6, 6.07) is 12.0. The highest BCUT2D eigenvalue weighted by atomic mass is 19.4. The third-order valence-electron chi connectivity index (χ3n) is 3.47. The molecule has 0 aliphatic carbocycles. The molecule has 0 saturated heterocycles. The first-order valence-electron chi connectivity index (χ1n) is 6.77. The number of rotatable bonds is 3. The Kier molecular flexibility index (Phi) is 4.21. The van der Waals surface area contributed by atoms with E-state index in [2.05, 4.69) is 20.4 Å². The molecule has 0 aliphatic heterocycles. The second-order valence-electron chi connectivity index (χ2n) is 5.28. The van der Waals surface area contributed by atoms with Crippen LogP contribution in [-0.2, 0) is 6.18 Å². The van der Waals surface area contributed by atoms with E-state index < -0.39 is 11.7 Å². The predicted octanol–water partition coefficient (Wildman–Crippen LogP) is 6.14. The maximum atomic E-state index is 13.1. The maximum Gasteiger partial charge on any atom is 0.417 e. The van der Waals surface area contributed by atoms with E-state index in [1.165, 1.54) is 18.2 Å². The van der Waals surface area contributed by atoms with Gasteiger partial charge in [0.05, 0.1) is 5.56 Å². The molecule has 0 aromatic heterocycles. The average Bonchev–Trinajstić information content (AvgIpc) is 2.45. The zero-order chi connectivity index (χ0) is 15.6. The molecular weight excluding hydrogens is 273 g/mol. The Balaban J connectivity index is 2.55. The zero-order valence-corrected chi connectivity index (χ0v) is 12.0. The van der Waals surface area contributed by atoms with Crippen molar-refractivity contribution in [3.8, 4) is 11.1 Å². The third kappa shape index (κ3) is 3.35. The highest BCUT2D eigenvalue weighted by molar-refractivity contribution is 5.68. The van der Waals surface area contributed by atoms with Crippen molar-refractivity contribution in [2.45, 2.75) is 25.9 Å². The van der Waals surface area contributed by atoms with Crippen LogP contribution in [0.15, 0.2) is 49.0 Å². The van der Waals surface area contributed by atoms with Gasteiger partial charge in [-0.25, -0.2) is 0 Å². The Hall–Kier alpha value is -2.03. The van der Waals surface area contributed by atoms with Crippen LogP contribution in [0.2, 0.25) is 0 Å². The Morgan fingerprint density at radius 2 is 1.67 bits per heavy atom. The van der Waals surface area contributed by atoms with Crippen LogP contribution < -0.4 is 0 Å². The van der Waals surface area contributed by atoms with E-state index in [-0.39, 0.29) is 5.56 Å². The molecule has 2 aromatic rings. The van der Waals surface area contributed by atoms with E-state index in [0.29, 0.717) is 11.5 Å². The van der Waals surface area contributed by atoms with Gasteiger partial charge in [-0.1, -0.05) is 62.9 Å². The standard InChI is InChI=1S/C18H17F3/c1-4-13-8-9-16(11-17(13)18(19,20)21)15-7-5-6-14(10-15)12(2)3/h4-12H,1H2,2-3H3. The van der Waals surface area contributed by atoms with Gasteiger partial charge in [-0.2, -0.15) is 13.2 Å². The Bertz CT molecular complexity index is 652. The van der Waals surface area contributed by atoms with Gasteiger partial charge in [0.15, 0.2) is 0 Å². The van der Waals surface area contributed by atoms with Gasteiger partial charge in [0.1, 0.15) is 0 Å². The summed E-state index contributed by atoms with van der Waals surface area (Å²) in [7, 11) is 0. The fourth-order valence-corrected chi connectivity index (χ4v) is 2.24. The first kappa shape index (κ1) is 15.4. The van der Waals surface area contributed by atoms with E-state index in [1.807, 2.05) is 24.3 Å². The number of alkyl halides is 3. The smallest absolute Gasteiger partial charge is 0.166 e. The molecular formula is C18H17F3. The molecule has 0 heterocycles. The minimum atomic E-state index is -4.38. The maximum absolute atomic E-state index is 13.1. The van der Waals surface area contributed by atoms with Crippen molar-refractivity contribution in [3.05, 3.63) is 65.7 Å². The first-order chi connectivity index (χ1) is 9.82. The minimum absolute atomic E-state index is 0.103. The lowest BCUT2D eigenvalue weighted by Gasteiger charge is -2.13. The number of benzene rings is 2. The first-order valence-corrected chi connectivity index (χ1v) is 6.77. The Morgan fingerprint density at radius 1 is 1.00 bits per heavy atom. The fourth-order valence-electron chi connectivity index (χ4n) is 2.24. The highest BCUT2D eigenvalue weighted by Gasteiger charge is 2.32. The quantitative estimate of drug-likeness (QED) is 0.637. The molecule has 2 rings (SSSR count). The minimum Gasteiger partial charge on any atom is -0.166 e. The molecule has 2 aromatic carbocycles. The largest absolute Gasteiger partial charge is 0.417 e. The van der Waals surface area contributed by atoms with Gasteiger partial charge >= 0.3 is 6.18 Å². The molecule has 110 valence electrons. The molecule has 0 N–H and O–H groups in total. The third-order valence-corrected chi connectivity index (χ3v) is 3.47. The van der Waals surface area contributed by atoms with Crippen LogP contribution >= 0.6 is 0 Å². The van der Waals surface area contributed by atoms with Gasteiger partial charge in [0, 0.05) is 0 Å². The van der Waals surface area contributed by atoms with Crippen LogP contribution in [0.5, 0.6) is 0 Å². The summed E-state index contributed by atoms with van der Waals surface area (Å²) in [6.07, 6.45) is -3.15. The van der Waals surface area contributed by atoms with Crippen LogP contribution in [0.4, 0.5) is 13.2 Å². The monoisotopic (exact) mass is 290 g/mol. The van der Waals surface area contributed by atoms with Crippen LogP contribution in [0, 0.1) is 0 Å². The molecule has 0 amide bonds. The van der Waals surface area contributed by atoms with Gasteiger partial charge in [0.25, 0.3) is 0 Å². The van der Waals surface area contributed by atoms with Crippen LogP contribution in [-0.4, -0.2) is 0 Å². The summed E-state index contributed by atoms with van der Waals surface area (Å²) in [5.74, 6) is 0.333. The summed E-state index contributed by atoms with van der Waals surface area (Å²) in [5.41, 5.74) is 1.92. The van der Waals surface area contributed by atoms with Crippen LogP contribution in [0.3, 0.4) is 0 Å². The molecule has 0 fully saturated rings. The summed E-state index contributed by atoms with van der Waals surface area (Å²) in [5, 5.41) is 0. The second-order valence-corrected chi connectivity index (χ2v) is 5.28. The van der Waals surface area contributed by atoms with Crippen LogP contribution in [0.1, 0.15) is 36.5 Å². The van der Waals surface area contributed by atoms with Crippen molar-refractivity contribution in [1.82, 2.24) is 0 Å². The molecule has 0 atom stereocenters. The molecule has 0 unspecified atom stereocenters. The van der Waals surface area contributed by atoms with Crippen molar-refractivity contribution in [1.29, 1.82) is 0 Å². The summed E-state index contributed by atoms with van der Waals surface area (Å²) in [6.45, 7) is 7.56.